The minimum atomic E-state index is 0.140. The van der Waals surface area contributed by atoms with Crippen LogP contribution in [0.3, 0.4) is 0 Å². The number of rotatable bonds is 5. The largest absolute Gasteiger partial charge is 0.295 e. The van der Waals surface area contributed by atoms with Crippen LogP contribution in [0.5, 0.6) is 0 Å². The summed E-state index contributed by atoms with van der Waals surface area (Å²) in [5.41, 5.74) is 2.21. The molecule has 1 atom stereocenters. The van der Waals surface area contributed by atoms with E-state index in [2.05, 4.69) is 24.8 Å². The lowest BCUT2D eigenvalue weighted by atomic mass is 9.88. The first-order valence-corrected chi connectivity index (χ1v) is 6.71. The van der Waals surface area contributed by atoms with Gasteiger partial charge in [-0.15, -0.1) is 6.58 Å². The normalized spacial score (nSPS) is 16.8. The molecule has 0 fully saturated rings. The Hall–Kier alpha value is -1.63. The molecule has 0 saturated heterocycles. The molecular formula is C17H20O. The molecule has 1 aromatic rings. The summed E-state index contributed by atoms with van der Waals surface area (Å²) >= 11 is 0. The molecule has 1 nitrogen and oxygen atoms in total. The van der Waals surface area contributed by atoms with Crippen molar-refractivity contribution in [3.8, 4) is 0 Å². The van der Waals surface area contributed by atoms with E-state index in [4.69, 9.17) is 0 Å². The number of Topliss-reactive ketones (excluding diaryl/α,β-unsaturated/α-hetero) is 1. The van der Waals surface area contributed by atoms with Crippen molar-refractivity contribution in [1.29, 1.82) is 0 Å². The topological polar surface area (TPSA) is 17.1 Å². The molecule has 94 valence electrons. The molecule has 1 heteroatoms. The molecule has 18 heavy (non-hydrogen) atoms. The molecule has 0 aliphatic heterocycles. The second kappa shape index (κ2) is 6.34. The Kier molecular flexibility index (Phi) is 4.52. The van der Waals surface area contributed by atoms with Crippen molar-refractivity contribution in [1.82, 2.24) is 0 Å². The highest BCUT2D eigenvalue weighted by Crippen LogP contribution is 2.25. The van der Waals surface area contributed by atoms with Gasteiger partial charge < -0.3 is 0 Å². The Morgan fingerprint density at radius 2 is 2.06 bits per heavy atom. The van der Waals surface area contributed by atoms with Gasteiger partial charge in [0.1, 0.15) is 0 Å². The average Bonchev–Trinajstić information content (AvgIpc) is 2.46. The number of allylic oxidation sites excluding steroid dienone is 3. The second-order valence-corrected chi connectivity index (χ2v) is 4.86. The summed E-state index contributed by atoms with van der Waals surface area (Å²) < 4.78 is 0. The number of hydrogen-bond donors (Lipinski definition) is 0. The second-order valence-electron chi connectivity index (χ2n) is 4.86. The predicted molar refractivity (Wildman–Crippen MR) is 75.6 cm³/mol. The van der Waals surface area contributed by atoms with Crippen LogP contribution < -0.4 is 0 Å². The fourth-order valence-electron chi connectivity index (χ4n) is 2.46. The van der Waals surface area contributed by atoms with Gasteiger partial charge in [0.2, 0.25) is 0 Å². The van der Waals surface area contributed by atoms with E-state index in [1.54, 1.807) is 0 Å². The fraction of sp³-hybridized carbons (Fsp3) is 0.353. The third-order valence-electron chi connectivity index (χ3n) is 3.57. The summed E-state index contributed by atoms with van der Waals surface area (Å²) in [6.07, 6.45) is 8.96. The van der Waals surface area contributed by atoms with Gasteiger partial charge >= 0.3 is 0 Å². The lowest BCUT2D eigenvalue weighted by molar-refractivity contribution is -0.116. The molecule has 0 heterocycles. The molecule has 0 radical (unpaired) electrons. The zero-order valence-corrected chi connectivity index (χ0v) is 10.8. The number of ketones is 1. The Morgan fingerprint density at radius 3 is 2.67 bits per heavy atom. The van der Waals surface area contributed by atoms with E-state index >= 15 is 0 Å². The van der Waals surface area contributed by atoms with Crippen molar-refractivity contribution < 1.29 is 4.79 Å². The van der Waals surface area contributed by atoms with E-state index in [9.17, 15) is 4.79 Å². The van der Waals surface area contributed by atoms with Crippen LogP contribution in [0.15, 0.2) is 54.6 Å². The van der Waals surface area contributed by atoms with Gasteiger partial charge in [-0.1, -0.05) is 42.5 Å². The van der Waals surface area contributed by atoms with Crippen LogP contribution in [0.25, 0.3) is 0 Å². The van der Waals surface area contributed by atoms with Crippen molar-refractivity contribution in [2.45, 2.75) is 38.0 Å². The van der Waals surface area contributed by atoms with E-state index in [1.807, 2.05) is 24.3 Å². The van der Waals surface area contributed by atoms with Gasteiger partial charge in [-0.05, 0) is 36.8 Å². The van der Waals surface area contributed by atoms with Crippen molar-refractivity contribution in [3.05, 3.63) is 60.2 Å². The SMILES string of the molecule is C=C[C@@H](CC(=O)C1=CCCCC1)c1ccccc1. The first-order chi connectivity index (χ1) is 8.81. The highest BCUT2D eigenvalue weighted by atomic mass is 16.1. The zero-order valence-electron chi connectivity index (χ0n) is 10.8. The van der Waals surface area contributed by atoms with Gasteiger partial charge in [0.15, 0.2) is 5.78 Å². The van der Waals surface area contributed by atoms with Crippen LogP contribution in [0.4, 0.5) is 0 Å². The fourth-order valence-corrected chi connectivity index (χ4v) is 2.46. The van der Waals surface area contributed by atoms with Crippen LogP contribution in [0.2, 0.25) is 0 Å². The van der Waals surface area contributed by atoms with E-state index < -0.39 is 0 Å². The van der Waals surface area contributed by atoms with Crippen LogP contribution >= 0.6 is 0 Å². The minimum absolute atomic E-state index is 0.140. The first kappa shape index (κ1) is 12.8. The summed E-state index contributed by atoms with van der Waals surface area (Å²) in [5.74, 6) is 0.435. The number of hydrogen-bond acceptors (Lipinski definition) is 1. The van der Waals surface area contributed by atoms with Gasteiger partial charge in [-0.3, -0.25) is 4.79 Å². The van der Waals surface area contributed by atoms with Crippen molar-refractivity contribution in [3.63, 3.8) is 0 Å². The zero-order chi connectivity index (χ0) is 12.8. The number of benzene rings is 1. The molecular weight excluding hydrogens is 220 g/mol. The maximum absolute atomic E-state index is 12.2. The Balaban J connectivity index is 2.05. The van der Waals surface area contributed by atoms with Gasteiger partial charge in [-0.25, -0.2) is 0 Å². The van der Waals surface area contributed by atoms with Crippen LogP contribution in [-0.2, 0) is 4.79 Å². The molecule has 2 rings (SSSR count). The van der Waals surface area contributed by atoms with Crippen molar-refractivity contribution in [2.24, 2.45) is 0 Å². The molecule has 0 spiro atoms. The first-order valence-electron chi connectivity index (χ1n) is 6.71. The molecule has 1 aliphatic carbocycles. The van der Waals surface area contributed by atoms with Gasteiger partial charge in [0.05, 0.1) is 0 Å². The molecule has 0 saturated carbocycles. The summed E-state index contributed by atoms with van der Waals surface area (Å²) in [6, 6.07) is 10.1. The van der Waals surface area contributed by atoms with Gasteiger partial charge in [-0.2, -0.15) is 0 Å². The quantitative estimate of drug-likeness (QED) is 0.696. The van der Waals surface area contributed by atoms with E-state index in [0.29, 0.717) is 12.2 Å². The van der Waals surface area contributed by atoms with Crippen molar-refractivity contribution >= 4 is 5.78 Å². The van der Waals surface area contributed by atoms with Crippen LogP contribution in [-0.4, -0.2) is 5.78 Å². The monoisotopic (exact) mass is 240 g/mol. The lowest BCUT2D eigenvalue weighted by Crippen LogP contribution is -2.10. The standard InChI is InChI=1S/C17H20O/c1-2-14(15-9-5-3-6-10-15)13-17(18)16-11-7-4-8-12-16/h2-3,5-6,9-11,14H,1,4,7-8,12-13H2/t14-/m0/s1. The lowest BCUT2D eigenvalue weighted by Gasteiger charge is -2.15. The third kappa shape index (κ3) is 3.19. The maximum atomic E-state index is 12.2. The molecule has 1 aromatic carbocycles. The Labute approximate surface area is 109 Å². The minimum Gasteiger partial charge on any atom is -0.295 e. The molecule has 0 unspecified atom stereocenters. The number of carbonyl (C=O) groups excluding carboxylic acids is 1. The maximum Gasteiger partial charge on any atom is 0.159 e. The average molecular weight is 240 g/mol. The third-order valence-corrected chi connectivity index (χ3v) is 3.57. The van der Waals surface area contributed by atoms with Crippen LogP contribution in [0, 0.1) is 0 Å². The highest BCUT2D eigenvalue weighted by Gasteiger charge is 2.17. The van der Waals surface area contributed by atoms with Gasteiger partial charge in [0.25, 0.3) is 0 Å². The van der Waals surface area contributed by atoms with Crippen LogP contribution in [0.1, 0.15) is 43.6 Å². The molecule has 0 N–H and O–H groups in total. The van der Waals surface area contributed by atoms with E-state index in [-0.39, 0.29) is 5.92 Å². The molecule has 0 bridgehead atoms. The predicted octanol–water partition coefficient (Wildman–Crippen LogP) is 4.42. The van der Waals surface area contributed by atoms with Gasteiger partial charge in [0, 0.05) is 12.3 Å². The summed E-state index contributed by atoms with van der Waals surface area (Å²) in [7, 11) is 0. The molecule has 0 amide bonds. The van der Waals surface area contributed by atoms with E-state index in [1.165, 1.54) is 12.0 Å². The number of carbonyl (C=O) groups is 1. The van der Waals surface area contributed by atoms with Crippen molar-refractivity contribution in [2.75, 3.05) is 0 Å². The Bertz CT molecular complexity index is 442. The highest BCUT2D eigenvalue weighted by molar-refractivity contribution is 5.96. The molecule has 0 aromatic heterocycles. The summed E-state index contributed by atoms with van der Waals surface area (Å²) in [5, 5.41) is 0. The Morgan fingerprint density at radius 1 is 1.28 bits per heavy atom. The summed E-state index contributed by atoms with van der Waals surface area (Å²) in [6.45, 7) is 3.86. The summed E-state index contributed by atoms with van der Waals surface area (Å²) in [4.78, 5) is 12.2. The van der Waals surface area contributed by atoms with E-state index in [0.717, 1.165) is 24.8 Å². The molecule has 1 aliphatic rings. The smallest absolute Gasteiger partial charge is 0.159 e.